The van der Waals surface area contributed by atoms with Gasteiger partial charge in [0.1, 0.15) is 22.5 Å². The van der Waals surface area contributed by atoms with Gasteiger partial charge in [0.2, 0.25) is 5.91 Å². The molecule has 1 aromatic heterocycles. The first-order chi connectivity index (χ1) is 18.3. The Labute approximate surface area is 224 Å². The minimum absolute atomic E-state index is 0.00490. The topological polar surface area (TPSA) is 141 Å². The Bertz CT molecular complexity index is 1290. The highest BCUT2D eigenvalue weighted by molar-refractivity contribution is 7.09. The fourth-order valence-corrected chi connectivity index (χ4v) is 5.37. The normalized spacial score (nSPS) is 14.5. The number of rotatable bonds is 9. The van der Waals surface area contributed by atoms with E-state index in [9.17, 15) is 18.8 Å². The van der Waals surface area contributed by atoms with E-state index in [0.29, 0.717) is 16.9 Å². The van der Waals surface area contributed by atoms with Gasteiger partial charge in [0, 0.05) is 12.6 Å². The molecule has 0 radical (unpaired) electrons. The highest BCUT2D eigenvalue weighted by Crippen LogP contribution is 2.31. The van der Waals surface area contributed by atoms with Crippen molar-refractivity contribution in [3.8, 4) is 5.75 Å². The Morgan fingerprint density at radius 2 is 1.76 bits per heavy atom. The summed E-state index contributed by atoms with van der Waals surface area (Å²) in [6.45, 7) is -0.0306. The number of carbonyl (C=O) groups is 3. The molecular formula is C27H30FN5O4S. The SMILES string of the molecule is COc1ccc([C@H](C(=O)NC2CCCCC2)N(Cc2ccc(F)cc2)C(=O)c2snc(C(N)=O)c2N)cc1. The molecule has 0 aliphatic heterocycles. The zero-order valence-electron chi connectivity index (χ0n) is 21.0. The Morgan fingerprint density at radius 1 is 1.11 bits per heavy atom. The number of hydrogen-bond acceptors (Lipinski definition) is 7. The predicted octanol–water partition coefficient (Wildman–Crippen LogP) is 3.80. The van der Waals surface area contributed by atoms with Crippen LogP contribution < -0.4 is 21.5 Å². The summed E-state index contributed by atoms with van der Waals surface area (Å²) in [6.07, 6.45) is 4.87. The van der Waals surface area contributed by atoms with Crippen molar-refractivity contribution in [2.75, 3.05) is 12.8 Å². The number of nitrogens with two attached hydrogens (primary N) is 2. The van der Waals surface area contributed by atoms with Crippen LogP contribution in [0.4, 0.5) is 10.1 Å². The number of ether oxygens (including phenoxy) is 1. The zero-order valence-corrected chi connectivity index (χ0v) is 21.8. The summed E-state index contributed by atoms with van der Waals surface area (Å²) < 4.78 is 22.9. The van der Waals surface area contributed by atoms with Gasteiger partial charge in [-0.05, 0) is 59.8 Å². The maximum Gasteiger partial charge on any atom is 0.270 e. The van der Waals surface area contributed by atoms with Crippen molar-refractivity contribution in [3.63, 3.8) is 0 Å². The van der Waals surface area contributed by atoms with E-state index in [4.69, 9.17) is 16.2 Å². The second kappa shape index (κ2) is 12.0. The molecule has 1 aliphatic rings. The minimum Gasteiger partial charge on any atom is -0.497 e. The van der Waals surface area contributed by atoms with Crippen LogP contribution in [0.1, 0.15) is 69.4 Å². The first-order valence-corrected chi connectivity index (χ1v) is 13.1. The predicted molar refractivity (Wildman–Crippen MR) is 142 cm³/mol. The van der Waals surface area contributed by atoms with E-state index in [1.54, 1.807) is 36.4 Å². The third kappa shape index (κ3) is 6.10. The third-order valence-corrected chi connectivity index (χ3v) is 7.48. The van der Waals surface area contributed by atoms with Gasteiger partial charge in [-0.15, -0.1) is 0 Å². The standard InChI is InChI=1S/C27H30FN5O4S/c1-37-20-13-9-17(10-14-20)23(26(35)31-19-5-3-2-4-6-19)33(15-16-7-11-18(28)12-8-16)27(36)24-21(29)22(25(30)34)32-38-24/h7-14,19,23H,2-6,15,29H2,1H3,(H2,30,34)(H,31,35)/t23-/m1/s1. The molecule has 2 aromatic carbocycles. The summed E-state index contributed by atoms with van der Waals surface area (Å²) in [5, 5.41) is 3.12. The van der Waals surface area contributed by atoms with Crippen LogP contribution in [0.5, 0.6) is 5.75 Å². The Morgan fingerprint density at radius 3 is 2.34 bits per heavy atom. The fourth-order valence-electron chi connectivity index (χ4n) is 4.61. The van der Waals surface area contributed by atoms with Crippen LogP contribution in [0, 0.1) is 5.82 Å². The Kier molecular flexibility index (Phi) is 8.57. The van der Waals surface area contributed by atoms with Crippen LogP contribution in [0.2, 0.25) is 0 Å². The zero-order chi connectivity index (χ0) is 27.2. The van der Waals surface area contributed by atoms with Crippen LogP contribution in [0.15, 0.2) is 48.5 Å². The molecule has 3 aromatic rings. The molecule has 9 nitrogen and oxygen atoms in total. The molecule has 5 N–H and O–H groups in total. The quantitative estimate of drug-likeness (QED) is 0.378. The highest BCUT2D eigenvalue weighted by atomic mass is 32.1. The number of primary amides is 1. The van der Waals surface area contributed by atoms with Crippen LogP contribution in [0.25, 0.3) is 0 Å². The lowest BCUT2D eigenvalue weighted by Gasteiger charge is -2.33. The number of anilines is 1. The summed E-state index contributed by atoms with van der Waals surface area (Å²) in [4.78, 5) is 41.0. The number of benzene rings is 2. The summed E-state index contributed by atoms with van der Waals surface area (Å²) in [6, 6.07) is 11.5. The van der Waals surface area contributed by atoms with E-state index >= 15 is 0 Å². The van der Waals surface area contributed by atoms with Gasteiger partial charge in [-0.25, -0.2) is 4.39 Å². The van der Waals surface area contributed by atoms with Crippen molar-refractivity contribution in [2.24, 2.45) is 5.73 Å². The molecule has 0 saturated heterocycles. The van der Waals surface area contributed by atoms with Gasteiger partial charge in [-0.1, -0.05) is 43.5 Å². The molecule has 1 atom stereocenters. The molecule has 0 spiro atoms. The van der Waals surface area contributed by atoms with Gasteiger partial charge < -0.3 is 26.4 Å². The number of halogens is 1. The Hall–Kier alpha value is -3.99. The number of aromatic nitrogens is 1. The maximum atomic E-state index is 14.0. The average Bonchev–Trinajstić information content (AvgIpc) is 3.31. The van der Waals surface area contributed by atoms with Crippen LogP contribution in [-0.4, -0.2) is 40.1 Å². The fraction of sp³-hybridized carbons (Fsp3) is 0.333. The molecule has 3 amide bonds. The molecule has 200 valence electrons. The minimum atomic E-state index is -1.06. The van der Waals surface area contributed by atoms with Crippen LogP contribution in [0.3, 0.4) is 0 Å². The van der Waals surface area contributed by atoms with Crippen LogP contribution >= 0.6 is 11.5 Å². The summed E-state index contributed by atoms with van der Waals surface area (Å²) in [5.74, 6) is -1.64. The van der Waals surface area contributed by atoms with Gasteiger partial charge in [0.15, 0.2) is 5.69 Å². The van der Waals surface area contributed by atoms with Gasteiger partial charge in [0.25, 0.3) is 11.8 Å². The van der Waals surface area contributed by atoms with Crippen molar-refractivity contribution in [2.45, 2.75) is 50.7 Å². The summed E-state index contributed by atoms with van der Waals surface area (Å²) in [5.41, 5.74) is 12.3. The molecular weight excluding hydrogens is 509 g/mol. The number of methoxy groups -OCH3 is 1. The van der Waals surface area contributed by atoms with E-state index < -0.39 is 23.7 Å². The van der Waals surface area contributed by atoms with Gasteiger partial charge >= 0.3 is 0 Å². The first-order valence-electron chi connectivity index (χ1n) is 12.3. The van der Waals surface area contributed by atoms with E-state index in [-0.39, 0.29) is 34.8 Å². The van der Waals surface area contributed by atoms with Crippen molar-refractivity contribution in [1.29, 1.82) is 0 Å². The molecule has 11 heteroatoms. The molecule has 1 fully saturated rings. The number of hydrogen-bond donors (Lipinski definition) is 3. The van der Waals surface area contributed by atoms with Crippen molar-refractivity contribution in [3.05, 3.63) is 76.0 Å². The highest BCUT2D eigenvalue weighted by Gasteiger charge is 2.36. The maximum absolute atomic E-state index is 14.0. The molecule has 1 saturated carbocycles. The lowest BCUT2D eigenvalue weighted by atomic mass is 9.94. The van der Waals surface area contributed by atoms with Crippen molar-refractivity contribution in [1.82, 2.24) is 14.6 Å². The van der Waals surface area contributed by atoms with E-state index in [2.05, 4.69) is 9.69 Å². The largest absolute Gasteiger partial charge is 0.497 e. The van der Waals surface area contributed by atoms with E-state index in [1.165, 1.54) is 24.1 Å². The van der Waals surface area contributed by atoms with Crippen LogP contribution in [-0.2, 0) is 11.3 Å². The van der Waals surface area contributed by atoms with Crippen molar-refractivity contribution < 1.29 is 23.5 Å². The third-order valence-electron chi connectivity index (χ3n) is 6.63. The van der Waals surface area contributed by atoms with E-state index in [1.807, 2.05) is 0 Å². The second-order valence-electron chi connectivity index (χ2n) is 9.22. The van der Waals surface area contributed by atoms with Crippen molar-refractivity contribution >= 4 is 34.9 Å². The number of amides is 3. The van der Waals surface area contributed by atoms with E-state index in [0.717, 1.165) is 43.6 Å². The molecule has 1 aliphatic carbocycles. The smallest absolute Gasteiger partial charge is 0.270 e. The molecule has 0 bridgehead atoms. The van der Waals surface area contributed by atoms with Gasteiger partial charge in [0.05, 0.1) is 12.8 Å². The Balaban J connectivity index is 1.78. The summed E-state index contributed by atoms with van der Waals surface area (Å²) in [7, 11) is 1.54. The van der Waals surface area contributed by atoms with Gasteiger partial charge in [-0.2, -0.15) is 4.37 Å². The molecule has 1 heterocycles. The van der Waals surface area contributed by atoms with Gasteiger partial charge in [-0.3, -0.25) is 14.4 Å². The number of nitrogens with one attached hydrogen (secondary N) is 1. The second-order valence-corrected chi connectivity index (χ2v) is 9.99. The summed E-state index contributed by atoms with van der Waals surface area (Å²) >= 11 is 0.741. The number of carbonyl (C=O) groups excluding carboxylic acids is 3. The average molecular weight is 540 g/mol. The lowest BCUT2D eigenvalue weighted by Crippen LogP contribution is -2.46. The monoisotopic (exact) mass is 539 g/mol. The first kappa shape index (κ1) is 27.1. The molecule has 0 unspecified atom stereocenters. The molecule has 4 rings (SSSR count). The number of nitrogen functional groups attached to an aromatic ring is 1. The lowest BCUT2D eigenvalue weighted by molar-refractivity contribution is -0.127. The number of nitrogens with zero attached hydrogens (tertiary/aromatic N) is 2. The molecule has 38 heavy (non-hydrogen) atoms.